The van der Waals surface area contributed by atoms with Crippen molar-refractivity contribution in [2.45, 2.75) is 59.1 Å². The van der Waals surface area contributed by atoms with Crippen molar-refractivity contribution >= 4 is 40.9 Å². The van der Waals surface area contributed by atoms with Gasteiger partial charge in [-0.15, -0.1) is 11.3 Å². The topological polar surface area (TPSA) is 136 Å². The predicted octanol–water partition coefficient (Wildman–Crippen LogP) is 7.18. The number of hydrogen-bond donors (Lipinski definition) is 2. The van der Waals surface area contributed by atoms with Crippen molar-refractivity contribution in [3.8, 4) is 27.3 Å². The molecule has 0 saturated carbocycles. The third-order valence-electron chi connectivity index (χ3n) is 8.57. The molecule has 2 aromatic carbocycles. The van der Waals surface area contributed by atoms with Gasteiger partial charge in [0, 0.05) is 45.8 Å². The first kappa shape index (κ1) is 36.4. The monoisotopic (exact) mass is 732 g/mol. The summed E-state index contributed by atoms with van der Waals surface area (Å²) in [5, 5.41) is 7.76. The van der Waals surface area contributed by atoms with Gasteiger partial charge in [0.25, 0.3) is 17.7 Å². The minimum Gasteiger partial charge on any atom is -0.493 e. The maximum Gasteiger partial charge on any atom is 0.407 e. The Kier molecular flexibility index (Phi) is 9.79. The van der Waals surface area contributed by atoms with E-state index in [9.17, 15) is 28.0 Å². The molecule has 3 amide bonds. The summed E-state index contributed by atoms with van der Waals surface area (Å²) < 4.78 is 43.6. The van der Waals surface area contributed by atoms with E-state index in [2.05, 4.69) is 15.6 Å². The number of carbonyl (C=O) groups excluding carboxylic acids is 4. The van der Waals surface area contributed by atoms with Gasteiger partial charge in [0.1, 0.15) is 17.0 Å². The molecule has 1 saturated heterocycles. The Labute approximate surface area is 303 Å². The molecule has 2 aromatic heterocycles. The van der Waals surface area contributed by atoms with Crippen LogP contribution in [-0.2, 0) is 22.4 Å². The Bertz CT molecular complexity index is 2080. The molecule has 4 aromatic rings. The van der Waals surface area contributed by atoms with E-state index in [0.717, 1.165) is 39.1 Å². The first-order valence-corrected chi connectivity index (χ1v) is 17.4. The summed E-state index contributed by atoms with van der Waals surface area (Å²) >= 11 is 1.52. The summed E-state index contributed by atoms with van der Waals surface area (Å²) in [6.45, 7) is 8.12. The summed E-state index contributed by atoms with van der Waals surface area (Å²) in [5.74, 6) is -4.64. The fraction of sp³-hybridized carbons (Fsp3) is 0.342. The molecule has 11 nitrogen and oxygen atoms in total. The molecule has 0 radical (unpaired) electrons. The van der Waals surface area contributed by atoms with Gasteiger partial charge in [0.15, 0.2) is 5.69 Å². The average Bonchev–Trinajstić information content (AvgIpc) is 3.47. The molecule has 0 aliphatic carbocycles. The second kappa shape index (κ2) is 14.0. The highest BCUT2D eigenvalue weighted by Crippen LogP contribution is 2.43. The van der Waals surface area contributed by atoms with Gasteiger partial charge in [0.05, 0.1) is 26.8 Å². The van der Waals surface area contributed by atoms with Crippen molar-refractivity contribution in [1.82, 2.24) is 15.2 Å². The number of thiophene rings is 1. The van der Waals surface area contributed by atoms with Crippen LogP contribution in [0.2, 0.25) is 0 Å². The lowest BCUT2D eigenvalue weighted by Gasteiger charge is -2.38. The molecule has 272 valence electrons. The number of halogens is 2. The number of likely N-dealkylation sites (tertiary alicyclic amines) is 1. The average molecular weight is 733 g/mol. The zero-order valence-corrected chi connectivity index (χ0v) is 30.4. The number of amides is 3. The fourth-order valence-corrected chi connectivity index (χ4v) is 7.19. The molecule has 2 aliphatic heterocycles. The van der Waals surface area contributed by atoms with Crippen LogP contribution in [0.15, 0.2) is 47.8 Å². The number of esters is 1. The van der Waals surface area contributed by atoms with Crippen LogP contribution in [-0.4, -0.2) is 72.1 Å². The first-order chi connectivity index (χ1) is 24.5. The summed E-state index contributed by atoms with van der Waals surface area (Å²) in [4.78, 5) is 59.0. The van der Waals surface area contributed by atoms with Crippen LogP contribution >= 0.6 is 11.3 Å². The van der Waals surface area contributed by atoms with Crippen LogP contribution in [0.25, 0.3) is 21.6 Å². The number of methoxy groups -OCH3 is 1. The number of alkyl halides is 2. The molecule has 4 heterocycles. The van der Waals surface area contributed by atoms with E-state index in [1.165, 1.54) is 23.5 Å². The summed E-state index contributed by atoms with van der Waals surface area (Å²) in [7, 11) is 1.16. The van der Waals surface area contributed by atoms with Gasteiger partial charge in [-0.3, -0.25) is 9.59 Å². The number of alkyl carbamates (subject to hydrolysis) is 1. The number of aryl methyl sites for hydroxylation is 2. The van der Waals surface area contributed by atoms with Crippen LogP contribution in [0.5, 0.6) is 5.75 Å². The van der Waals surface area contributed by atoms with Gasteiger partial charge in [-0.05, 0) is 92.6 Å². The zero-order chi connectivity index (χ0) is 37.5. The molecular formula is C38H38F2N4O7S. The van der Waals surface area contributed by atoms with Gasteiger partial charge in [-0.2, -0.15) is 0 Å². The number of nitrogens with zero attached hydrogens (tertiary/aromatic N) is 2. The highest BCUT2D eigenvalue weighted by atomic mass is 32.1. The number of nitrogens with one attached hydrogen (secondary N) is 2. The van der Waals surface area contributed by atoms with E-state index in [1.807, 2.05) is 37.4 Å². The van der Waals surface area contributed by atoms with Gasteiger partial charge < -0.3 is 29.7 Å². The largest absolute Gasteiger partial charge is 0.493 e. The molecular weight excluding hydrogens is 695 g/mol. The van der Waals surface area contributed by atoms with E-state index in [1.54, 1.807) is 32.9 Å². The first-order valence-electron chi connectivity index (χ1n) is 16.6. The van der Waals surface area contributed by atoms with Gasteiger partial charge in [-0.25, -0.2) is 23.4 Å². The van der Waals surface area contributed by atoms with Gasteiger partial charge in [0.2, 0.25) is 0 Å². The highest BCUT2D eigenvalue weighted by Gasteiger charge is 2.47. The Morgan fingerprint density at radius 2 is 1.71 bits per heavy atom. The van der Waals surface area contributed by atoms with Crippen LogP contribution in [0.1, 0.15) is 74.4 Å². The molecule has 14 heteroatoms. The van der Waals surface area contributed by atoms with Crippen molar-refractivity contribution in [2.24, 2.45) is 0 Å². The summed E-state index contributed by atoms with van der Waals surface area (Å²) in [6, 6.07) is 11.9. The molecule has 2 aliphatic rings. The molecule has 52 heavy (non-hydrogen) atoms. The third kappa shape index (κ3) is 7.61. The van der Waals surface area contributed by atoms with Crippen molar-refractivity contribution < 1.29 is 42.2 Å². The fourth-order valence-electron chi connectivity index (χ4n) is 6.21. The van der Waals surface area contributed by atoms with Crippen molar-refractivity contribution in [3.63, 3.8) is 0 Å². The van der Waals surface area contributed by atoms with Gasteiger partial charge >= 0.3 is 12.1 Å². The zero-order valence-electron chi connectivity index (χ0n) is 29.6. The molecule has 0 bridgehead atoms. The molecule has 2 N–H and O–H groups in total. The van der Waals surface area contributed by atoms with Crippen molar-refractivity contribution in [1.29, 1.82) is 0 Å². The number of aromatic nitrogens is 1. The predicted molar refractivity (Wildman–Crippen MR) is 191 cm³/mol. The Balaban J connectivity index is 1.39. The Morgan fingerprint density at radius 1 is 1.00 bits per heavy atom. The second-order valence-electron chi connectivity index (χ2n) is 13.8. The van der Waals surface area contributed by atoms with E-state index >= 15 is 0 Å². The maximum atomic E-state index is 14.4. The highest BCUT2D eigenvalue weighted by molar-refractivity contribution is 7.13. The minimum absolute atomic E-state index is 0.182. The summed E-state index contributed by atoms with van der Waals surface area (Å²) in [6.07, 6.45) is 0.105. The lowest BCUT2D eigenvalue weighted by molar-refractivity contribution is -0.113. The number of hydrogen-bond acceptors (Lipinski definition) is 9. The number of pyridine rings is 1. The quantitative estimate of drug-likeness (QED) is 0.191. The van der Waals surface area contributed by atoms with Crippen molar-refractivity contribution in [2.75, 3.05) is 32.1 Å². The second-order valence-corrected chi connectivity index (χ2v) is 14.7. The summed E-state index contributed by atoms with van der Waals surface area (Å²) in [5.41, 5.74) is 4.14. The minimum atomic E-state index is -2.98. The lowest BCUT2D eigenvalue weighted by atomic mass is 9.93. The normalized spacial score (nSPS) is 14.5. The number of fused-ring (bicyclic) bond motifs is 3. The molecule has 6 rings (SSSR count). The van der Waals surface area contributed by atoms with Crippen molar-refractivity contribution in [3.05, 3.63) is 87.0 Å². The molecule has 1 fully saturated rings. The molecule has 0 unspecified atom stereocenters. The SMILES string of the molecule is COC(=O)c1nc(C(=O)N2CC(F)(F)C2)ccc1-c1cc2c(cc1C(=O)Nc1c(C)cc(CNC(=O)OC(C)(C)C)cc1C)-c1sccc1CCO2. The van der Waals surface area contributed by atoms with Gasteiger partial charge in [-0.1, -0.05) is 12.1 Å². The van der Waals surface area contributed by atoms with Crippen LogP contribution in [0.3, 0.4) is 0 Å². The van der Waals surface area contributed by atoms with E-state index < -0.39 is 48.5 Å². The standard InChI is InChI=1S/C38H38F2N4O7S/c1-20-13-22(17-41-36(48)51-37(3,4)5)14-21(2)30(20)43-33(45)26-15-27-29(50-11-9-23-10-12-52-32(23)27)16-25(26)24-7-8-28(42-31(24)35(47)49-6)34(46)44-18-38(39,40)19-44/h7-8,10,12-16H,9,11,17-19H2,1-6H3,(H,41,48)(H,43,45). The number of anilines is 1. The molecule has 0 atom stereocenters. The smallest absolute Gasteiger partial charge is 0.407 e. The van der Waals surface area contributed by atoms with E-state index in [4.69, 9.17) is 14.2 Å². The number of rotatable bonds is 7. The van der Waals surface area contributed by atoms with Crippen LogP contribution in [0, 0.1) is 13.8 Å². The Morgan fingerprint density at radius 3 is 2.37 bits per heavy atom. The molecule has 0 spiro atoms. The Hall–Kier alpha value is -5.37. The van der Waals surface area contributed by atoms with E-state index in [-0.39, 0.29) is 34.6 Å². The van der Waals surface area contributed by atoms with Crippen LogP contribution < -0.4 is 15.4 Å². The number of benzene rings is 2. The third-order valence-corrected chi connectivity index (χ3v) is 9.56. The number of carbonyl (C=O) groups is 4. The van der Waals surface area contributed by atoms with Crippen LogP contribution in [0.4, 0.5) is 19.3 Å². The number of ether oxygens (including phenoxy) is 3. The van der Waals surface area contributed by atoms with E-state index in [0.29, 0.717) is 30.0 Å². The lowest BCUT2D eigenvalue weighted by Crippen LogP contribution is -2.58. The maximum absolute atomic E-state index is 14.4.